The van der Waals surface area contributed by atoms with Crippen LogP contribution in [0.25, 0.3) is 11.3 Å². The Kier molecular flexibility index (Phi) is 3.74. The SMILES string of the molecule is CNc1ncc([N+](=O)[O-])c(-c2cccc(C(F)(F)F)c2)n1. The topological polar surface area (TPSA) is 81.0 Å². The highest BCUT2D eigenvalue weighted by molar-refractivity contribution is 5.70. The summed E-state index contributed by atoms with van der Waals surface area (Å²) in [5.74, 6) is 0.0769. The summed E-state index contributed by atoms with van der Waals surface area (Å²) < 4.78 is 38.1. The van der Waals surface area contributed by atoms with Crippen LogP contribution >= 0.6 is 0 Å². The predicted molar refractivity (Wildman–Crippen MR) is 68.7 cm³/mol. The average Bonchev–Trinajstić information content (AvgIpc) is 2.45. The van der Waals surface area contributed by atoms with Crippen LogP contribution in [0.5, 0.6) is 0 Å². The highest BCUT2D eigenvalue weighted by Crippen LogP contribution is 2.34. The van der Waals surface area contributed by atoms with Crippen molar-refractivity contribution < 1.29 is 18.1 Å². The Bertz CT molecular complexity index is 688. The monoisotopic (exact) mass is 298 g/mol. The van der Waals surface area contributed by atoms with Crippen LogP contribution in [-0.2, 0) is 6.18 Å². The van der Waals surface area contributed by atoms with E-state index in [0.717, 1.165) is 18.3 Å². The fourth-order valence-electron chi connectivity index (χ4n) is 1.68. The number of nitro groups is 1. The highest BCUT2D eigenvalue weighted by Gasteiger charge is 2.31. The molecule has 110 valence electrons. The number of nitrogens with zero attached hydrogens (tertiary/aromatic N) is 3. The third kappa shape index (κ3) is 3.07. The minimum atomic E-state index is -4.54. The molecular formula is C12H9F3N4O2. The van der Waals surface area contributed by atoms with Crippen molar-refractivity contribution in [1.82, 2.24) is 9.97 Å². The van der Waals surface area contributed by atoms with Gasteiger partial charge in [0.2, 0.25) is 5.95 Å². The lowest BCUT2D eigenvalue weighted by molar-refractivity contribution is -0.384. The van der Waals surface area contributed by atoms with Crippen molar-refractivity contribution in [1.29, 1.82) is 0 Å². The molecular weight excluding hydrogens is 289 g/mol. The zero-order chi connectivity index (χ0) is 15.6. The van der Waals surface area contributed by atoms with Gasteiger partial charge in [0.05, 0.1) is 10.5 Å². The van der Waals surface area contributed by atoms with E-state index in [1.165, 1.54) is 19.2 Å². The van der Waals surface area contributed by atoms with Crippen molar-refractivity contribution >= 4 is 11.6 Å². The fourth-order valence-corrected chi connectivity index (χ4v) is 1.68. The number of hydrogen-bond acceptors (Lipinski definition) is 5. The Labute approximate surface area is 116 Å². The van der Waals surface area contributed by atoms with Crippen molar-refractivity contribution in [2.24, 2.45) is 0 Å². The largest absolute Gasteiger partial charge is 0.416 e. The molecule has 6 nitrogen and oxygen atoms in total. The highest BCUT2D eigenvalue weighted by atomic mass is 19.4. The van der Waals surface area contributed by atoms with Crippen LogP contribution in [0.1, 0.15) is 5.56 Å². The number of hydrogen-bond donors (Lipinski definition) is 1. The Morgan fingerprint density at radius 3 is 2.62 bits per heavy atom. The Morgan fingerprint density at radius 2 is 2.05 bits per heavy atom. The molecule has 9 heteroatoms. The summed E-state index contributed by atoms with van der Waals surface area (Å²) in [6.45, 7) is 0. The van der Waals surface area contributed by atoms with Crippen LogP contribution < -0.4 is 5.32 Å². The molecule has 0 bridgehead atoms. The van der Waals surface area contributed by atoms with Crippen LogP contribution in [0.15, 0.2) is 30.5 Å². The van der Waals surface area contributed by atoms with Gasteiger partial charge in [-0.05, 0) is 12.1 Å². The van der Waals surface area contributed by atoms with Gasteiger partial charge in [-0.3, -0.25) is 10.1 Å². The molecule has 1 heterocycles. The number of rotatable bonds is 3. The first kappa shape index (κ1) is 14.7. The van der Waals surface area contributed by atoms with E-state index < -0.39 is 22.4 Å². The van der Waals surface area contributed by atoms with Gasteiger partial charge in [0.15, 0.2) is 5.69 Å². The number of aromatic nitrogens is 2. The molecule has 0 radical (unpaired) electrons. The summed E-state index contributed by atoms with van der Waals surface area (Å²) >= 11 is 0. The van der Waals surface area contributed by atoms with Gasteiger partial charge in [-0.1, -0.05) is 12.1 Å². The van der Waals surface area contributed by atoms with Gasteiger partial charge in [-0.25, -0.2) is 9.97 Å². The lowest BCUT2D eigenvalue weighted by atomic mass is 10.1. The van der Waals surface area contributed by atoms with Crippen LogP contribution in [0.3, 0.4) is 0 Å². The normalized spacial score (nSPS) is 11.2. The van der Waals surface area contributed by atoms with Gasteiger partial charge in [0.1, 0.15) is 6.20 Å². The van der Waals surface area contributed by atoms with E-state index in [4.69, 9.17) is 0 Å². The third-order valence-electron chi connectivity index (χ3n) is 2.65. The van der Waals surface area contributed by atoms with Gasteiger partial charge >= 0.3 is 11.9 Å². The number of benzene rings is 1. The lowest BCUT2D eigenvalue weighted by Crippen LogP contribution is -2.06. The molecule has 0 unspecified atom stereocenters. The van der Waals surface area contributed by atoms with Gasteiger partial charge in [0.25, 0.3) is 0 Å². The summed E-state index contributed by atoms with van der Waals surface area (Å²) in [6, 6.07) is 4.19. The van der Waals surface area contributed by atoms with E-state index in [9.17, 15) is 23.3 Å². The summed E-state index contributed by atoms with van der Waals surface area (Å²) in [4.78, 5) is 17.8. The maximum absolute atomic E-state index is 12.7. The Hall–Kier alpha value is -2.71. The van der Waals surface area contributed by atoms with E-state index in [-0.39, 0.29) is 17.2 Å². The van der Waals surface area contributed by atoms with E-state index >= 15 is 0 Å². The molecule has 0 fully saturated rings. The zero-order valence-corrected chi connectivity index (χ0v) is 10.7. The second kappa shape index (κ2) is 5.35. The first-order valence-electron chi connectivity index (χ1n) is 5.69. The zero-order valence-electron chi connectivity index (χ0n) is 10.7. The first-order valence-corrected chi connectivity index (χ1v) is 5.69. The molecule has 0 saturated heterocycles. The second-order valence-corrected chi connectivity index (χ2v) is 4.01. The van der Waals surface area contributed by atoms with Gasteiger partial charge in [-0.2, -0.15) is 13.2 Å². The van der Waals surface area contributed by atoms with E-state index in [1.54, 1.807) is 0 Å². The Morgan fingerprint density at radius 1 is 1.33 bits per heavy atom. The fraction of sp³-hybridized carbons (Fsp3) is 0.167. The van der Waals surface area contributed by atoms with Gasteiger partial charge < -0.3 is 5.32 Å². The van der Waals surface area contributed by atoms with E-state index in [1.807, 2.05) is 0 Å². The van der Waals surface area contributed by atoms with Crippen LogP contribution in [-0.4, -0.2) is 21.9 Å². The van der Waals surface area contributed by atoms with Crippen molar-refractivity contribution in [3.05, 3.63) is 46.1 Å². The summed E-state index contributed by atoms with van der Waals surface area (Å²) in [6.07, 6.45) is -3.59. The lowest BCUT2D eigenvalue weighted by Gasteiger charge is -2.09. The van der Waals surface area contributed by atoms with Crippen molar-refractivity contribution in [3.63, 3.8) is 0 Å². The maximum atomic E-state index is 12.7. The molecule has 0 saturated carbocycles. The summed E-state index contributed by atoms with van der Waals surface area (Å²) in [5, 5.41) is 13.5. The number of anilines is 1. The van der Waals surface area contributed by atoms with E-state index in [0.29, 0.717) is 0 Å². The molecule has 0 atom stereocenters. The van der Waals surface area contributed by atoms with Crippen LogP contribution in [0, 0.1) is 10.1 Å². The van der Waals surface area contributed by atoms with Crippen molar-refractivity contribution in [2.45, 2.75) is 6.18 Å². The van der Waals surface area contributed by atoms with Gasteiger partial charge in [-0.15, -0.1) is 0 Å². The summed E-state index contributed by atoms with van der Waals surface area (Å²) in [5.41, 5.74) is -1.55. The van der Waals surface area contributed by atoms with Crippen LogP contribution in [0.2, 0.25) is 0 Å². The molecule has 1 aromatic heterocycles. The average molecular weight is 298 g/mol. The summed E-state index contributed by atoms with van der Waals surface area (Å²) in [7, 11) is 1.50. The molecule has 2 rings (SSSR count). The molecule has 2 aromatic rings. The molecule has 1 aromatic carbocycles. The first-order chi connectivity index (χ1) is 9.82. The predicted octanol–water partition coefficient (Wildman–Crippen LogP) is 3.11. The van der Waals surface area contributed by atoms with Crippen LogP contribution in [0.4, 0.5) is 24.8 Å². The molecule has 0 aliphatic heterocycles. The quantitative estimate of drug-likeness (QED) is 0.695. The maximum Gasteiger partial charge on any atom is 0.416 e. The molecule has 0 aliphatic rings. The van der Waals surface area contributed by atoms with E-state index in [2.05, 4.69) is 15.3 Å². The van der Waals surface area contributed by atoms with Gasteiger partial charge in [0, 0.05) is 12.6 Å². The molecule has 0 aliphatic carbocycles. The minimum Gasteiger partial charge on any atom is -0.357 e. The number of halogens is 3. The standard InChI is InChI=1S/C12H9F3N4O2/c1-16-11-17-6-9(19(20)21)10(18-11)7-3-2-4-8(5-7)12(13,14)15/h2-6H,1H3,(H,16,17,18). The van der Waals surface area contributed by atoms with Crippen molar-refractivity contribution in [2.75, 3.05) is 12.4 Å². The molecule has 0 spiro atoms. The number of nitrogens with one attached hydrogen (secondary N) is 1. The third-order valence-corrected chi connectivity index (χ3v) is 2.65. The van der Waals surface area contributed by atoms with Crippen molar-refractivity contribution in [3.8, 4) is 11.3 Å². The minimum absolute atomic E-state index is 0.00424. The molecule has 1 N–H and O–H groups in total. The molecule has 0 amide bonds. The smallest absolute Gasteiger partial charge is 0.357 e. The molecule has 21 heavy (non-hydrogen) atoms. The number of alkyl halides is 3. The second-order valence-electron chi connectivity index (χ2n) is 4.01. The Balaban J connectivity index is 2.62.